The first-order valence-corrected chi connectivity index (χ1v) is 2.90. The topological polar surface area (TPSA) is 115 Å². The van der Waals surface area contributed by atoms with E-state index in [-0.39, 0.29) is 0 Å². The van der Waals surface area contributed by atoms with Crippen molar-refractivity contribution >= 4 is 18.0 Å². The molecule has 0 bridgehead atoms. The van der Waals surface area contributed by atoms with E-state index in [9.17, 15) is 14.4 Å². The molecule has 1 heterocycles. The monoisotopic (exact) mass is 175 g/mol. The lowest BCUT2D eigenvalue weighted by Crippen LogP contribution is -2.39. The van der Waals surface area contributed by atoms with Crippen LogP contribution in [0, 0.1) is 0 Å². The summed E-state index contributed by atoms with van der Waals surface area (Å²) in [4.78, 5) is 31.2. The molecule has 0 unspecified atom stereocenters. The molecule has 0 radical (unpaired) electrons. The van der Waals surface area contributed by atoms with E-state index in [1.165, 1.54) is 0 Å². The molecule has 0 aromatic heterocycles. The fourth-order valence-corrected chi connectivity index (χ4v) is 0.882. The van der Waals surface area contributed by atoms with Crippen LogP contribution in [-0.4, -0.2) is 50.3 Å². The molecule has 12 heavy (non-hydrogen) atoms. The highest BCUT2D eigenvalue weighted by Gasteiger charge is 2.68. The molecule has 3 N–H and O–H groups in total. The molecule has 1 saturated heterocycles. The molecule has 1 aliphatic rings. The van der Waals surface area contributed by atoms with Crippen LogP contribution in [0.4, 0.5) is 4.79 Å². The Labute approximate surface area is 65.8 Å². The Bertz CT molecular complexity index is 257. The Morgan fingerprint density at radius 3 is 1.58 bits per heavy atom. The fourth-order valence-electron chi connectivity index (χ4n) is 0.882. The quantitative estimate of drug-likeness (QED) is 0.362. The van der Waals surface area contributed by atoms with E-state index < -0.39 is 30.1 Å². The Morgan fingerprint density at radius 1 is 1.08 bits per heavy atom. The summed E-state index contributed by atoms with van der Waals surface area (Å²) in [6.07, 6.45) is -1.54. The molecule has 1 rings (SSSR count). The molecule has 7 heteroatoms. The van der Waals surface area contributed by atoms with E-state index in [2.05, 4.69) is 0 Å². The van der Waals surface area contributed by atoms with E-state index in [1.54, 1.807) is 0 Å². The molecule has 0 saturated carbocycles. The zero-order chi connectivity index (χ0) is 9.52. The maximum Gasteiger partial charge on any atom is 0.408 e. The van der Waals surface area contributed by atoms with Gasteiger partial charge < -0.3 is 15.3 Å². The predicted octanol–water partition coefficient (Wildman–Crippen LogP) is -1.11. The third-order valence-corrected chi connectivity index (χ3v) is 1.68. The summed E-state index contributed by atoms with van der Waals surface area (Å²) in [5.74, 6) is -3.31. The molecule has 66 valence electrons. The van der Waals surface area contributed by atoms with Gasteiger partial charge in [-0.3, -0.25) is 4.90 Å². The molecular formula is C5H5NO6. The van der Waals surface area contributed by atoms with Crippen molar-refractivity contribution in [2.45, 2.75) is 5.54 Å². The van der Waals surface area contributed by atoms with Gasteiger partial charge in [0.1, 0.15) is 0 Å². The molecule has 1 aliphatic heterocycles. The normalized spacial score (nSPS) is 18.5. The first-order valence-electron chi connectivity index (χ1n) is 2.90. The van der Waals surface area contributed by atoms with Gasteiger partial charge in [-0.25, -0.2) is 14.4 Å². The van der Waals surface area contributed by atoms with Crippen molar-refractivity contribution in [3.8, 4) is 0 Å². The summed E-state index contributed by atoms with van der Waals surface area (Å²) in [5, 5.41) is 25.1. The van der Waals surface area contributed by atoms with Crippen molar-refractivity contribution < 1.29 is 29.7 Å². The SMILES string of the molecule is O=C(O)N1CC1(C(=O)O)C(=O)O. The summed E-state index contributed by atoms with van der Waals surface area (Å²) in [6.45, 7) is -0.493. The summed E-state index contributed by atoms with van der Waals surface area (Å²) in [7, 11) is 0. The number of hydrogen-bond acceptors (Lipinski definition) is 3. The lowest BCUT2D eigenvalue weighted by Gasteiger charge is -2.03. The van der Waals surface area contributed by atoms with Crippen molar-refractivity contribution in [3.05, 3.63) is 0 Å². The standard InChI is InChI=1S/C5H5NO6/c7-2(8)5(3(9)10)1-6(5)4(11)12/h1H2,(H,7,8)(H,9,10)(H,11,12). The van der Waals surface area contributed by atoms with Crippen molar-refractivity contribution in [1.82, 2.24) is 4.90 Å². The molecule has 7 nitrogen and oxygen atoms in total. The summed E-state index contributed by atoms with van der Waals surface area (Å²) >= 11 is 0. The number of carboxylic acid groups (broad SMARTS) is 3. The number of carbonyl (C=O) groups is 3. The molecule has 1 fully saturated rings. The molecule has 0 atom stereocenters. The first kappa shape index (κ1) is 8.31. The van der Waals surface area contributed by atoms with Gasteiger partial charge in [0, 0.05) is 0 Å². The predicted molar refractivity (Wildman–Crippen MR) is 32.7 cm³/mol. The largest absolute Gasteiger partial charge is 0.479 e. The van der Waals surface area contributed by atoms with Gasteiger partial charge in [-0.1, -0.05) is 0 Å². The maximum atomic E-state index is 10.4. The minimum absolute atomic E-state index is 0.345. The van der Waals surface area contributed by atoms with Gasteiger partial charge in [-0.05, 0) is 0 Å². The summed E-state index contributed by atoms with van der Waals surface area (Å²) in [6, 6.07) is 0. The van der Waals surface area contributed by atoms with E-state index in [0.717, 1.165) is 0 Å². The van der Waals surface area contributed by atoms with Gasteiger partial charge in [-0.2, -0.15) is 0 Å². The van der Waals surface area contributed by atoms with Gasteiger partial charge in [0.25, 0.3) is 5.54 Å². The van der Waals surface area contributed by atoms with E-state index in [1.807, 2.05) is 0 Å². The minimum atomic E-state index is -2.24. The van der Waals surface area contributed by atoms with Crippen LogP contribution in [0.3, 0.4) is 0 Å². The van der Waals surface area contributed by atoms with Crippen LogP contribution in [-0.2, 0) is 9.59 Å². The first-order chi connectivity index (χ1) is 5.43. The third kappa shape index (κ3) is 0.792. The highest BCUT2D eigenvalue weighted by molar-refractivity contribution is 6.10. The summed E-state index contributed by atoms with van der Waals surface area (Å²) < 4.78 is 0. The van der Waals surface area contributed by atoms with Crippen molar-refractivity contribution in [2.24, 2.45) is 0 Å². The van der Waals surface area contributed by atoms with Gasteiger partial charge in [0.15, 0.2) is 0 Å². The van der Waals surface area contributed by atoms with Crippen LogP contribution < -0.4 is 0 Å². The van der Waals surface area contributed by atoms with Crippen LogP contribution in [0.2, 0.25) is 0 Å². The van der Waals surface area contributed by atoms with Crippen LogP contribution in [0.1, 0.15) is 0 Å². The molecule has 0 aromatic carbocycles. The zero-order valence-electron chi connectivity index (χ0n) is 5.72. The number of amides is 1. The minimum Gasteiger partial charge on any atom is -0.479 e. The van der Waals surface area contributed by atoms with Crippen LogP contribution in [0.25, 0.3) is 0 Å². The van der Waals surface area contributed by atoms with E-state index in [0.29, 0.717) is 4.90 Å². The second kappa shape index (κ2) is 2.10. The van der Waals surface area contributed by atoms with Crippen molar-refractivity contribution in [3.63, 3.8) is 0 Å². The second-order valence-corrected chi connectivity index (χ2v) is 2.34. The van der Waals surface area contributed by atoms with Gasteiger partial charge in [0.2, 0.25) is 0 Å². The molecule has 0 aromatic rings. The zero-order valence-corrected chi connectivity index (χ0v) is 5.72. The van der Waals surface area contributed by atoms with Crippen LogP contribution >= 0.6 is 0 Å². The number of rotatable bonds is 2. The number of aliphatic carboxylic acids is 2. The number of hydrogen-bond donors (Lipinski definition) is 3. The van der Waals surface area contributed by atoms with Crippen molar-refractivity contribution in [2.75, 3.05) is 6.54 Å². The summed E-state index contributed by atoms with van der Waals surface area (Å²) in [5.41, 5.74) is -2.24. The molecule has 0 spiro atoms. The molecular weight excluding hydrogens is 170 g/mol. The van der Waals surface area contributed by atoms with E-state index >= 15 is 0 Å². The fraction of sp³-hybridized carbons (Fsp3) is 0.400. The van der Waals surface area contributed by atoms with Gasteiger partial charge >= 0.3 is 18.0 Å². The van der Waals surface area contributed by atoms with Gasteiger partial charge in [0.05, 0.1) is 6.54 Å². The Hall–Kier alpha value is -1.79. The Balaban J connectivity index is 2.90. The van der Waals surface area contributed by atoms with Crippen molar-refractivity contribution in [1.29, 1.82) is 0 Å². The highest BCUT2D eigenvalue weighted by atomic mass is 16.4. The average Bonchev–Trinajstić information content (AvgIpc) is 2.60. The number of nitrogens with zero attached hydrogens (tertiary/aromatic N) is 1. The Kier molecular flexibility index (Phi) is 1.45. The molecule has 1 amide bonds. The highest BCUT2D eigenvalue weighted by Crippen LogP contribution is 2.32. The van der Waals surface area contributed by atoms with Crippen LogP contribution in [0.5, 0.6) is 0 Å². The maximum absolute atomic E-state index is 10.4. The Morgan fingerprint density at radius 2 is 1.50 bits per heavy atom. The third-order valence-electron chi connectivity index (χ3n) is 1.68. The molecule has 0 aliphatic carbocycles. The second-order valence-electron chi connectivity index (χ2n) is 2.34. The smallest absolute Gasteiger partial charge is 0.408 e. The van der Waals surface area contributed by atoms with E-state index in [4.69, 9.17) is 15.3 Å². The lowest BCUT2D eigenvalue weighted by molar-refractivity contribution is -0.153. The van der Waals surface area contributed by atoms with Gasteiger partial charge in [-0.15, -0.1) is 0 Å². The number of carboxylic acids is 2. The van der Waals surface area contributed by atoms with Crippen LogP contribution in [0.15, 0.2) is 0 Å². The average molecular weight is 175 g/mol. The lowest BCUT2D eigenvalue weighted by atomic mass is 10.2.